The smallest absolute Gasteiger partial charge is 0.244 e. The monoisotopic (exact) mass is 299 g/mol. The third-order valence-corrected chi connectivity index (χ3v) is 3.66. The van der Waals surface area contributed by atoms with Gasteiger partial charge in [-0.3, -0.25) is 9.48 Å². The van der Waals surface area contributed by atoms with Gasteiger partial charge in [0.15, 0.2) is 11.5 Å². The zero-order valence-electron chi connectivity index (χ0n) is 12.1. The Morgan fingerprint density at radius 1 is 1.36 bits per heavy atom. The van der Waals surface area contributed by atoms with Crippen LogP contribution in [0, 0.1) is 0 Å². The zero-order valence-corrected chi connectivity index (χ0v) is 12.1. The molecule has 114 valence electrons. The Morgan fingerprint density at radius 3 is 2.86 bits per heavy atom. The fourth-order valence-corrected chi connectivity index (χ4v) is 2.36. The quantitative estimate of drug-likeness (QED) is 0.590. The summed E-state index contributed by atoms with van der Waals surface area (Å²) in [5.41, 5.74) is 1.64. The van der Waals surface area contributed by atoms with Gasteiger partial charge in [0.25, 0.3) is 0 Å². The van der Waals surface area contributed by atoms with Crippen LogP contribution in [-0.2, 0) is 11.8 Å². The van der Waals surface area contributed by atoms with Crippen LogP contribution in [0.1, 0.15) is 23.6 Å². The molecule has 2 atom stereocenters. The van der Waals surface area contributed by atoms with Gasteiger partial charge in [-0.2, -0.15) is 5.10 Å². The summed E-state index contributed by atoms with van der Waals surface area (Å²) in [6.07, 6.45) is 5.80. The molecule has 1 heterocycles. The maximum atomic E-state index is 11.9. The van der Waals surface area contributed by atoms with E-state index in [1.807, 2.05) is 19.3 Å². The molecule has 1 saturated carbocycles. The van der Waals surface area contributed by atoms with Crippen LogP contribution >= 0.6 is 0 Å². The average molecular weight is 299 g/mol. The van der Waals surface area contributed by atoms with Crippen molar-refractivity contribution in [2.24, 2.45) is 7.05 Å². The maximum Gasteiger partial charge on any atom is 0.244 e. The summed E-state index contributed by atoms with van der Waals surface area (Å²) < 4.78 is 1.75. The van der Waals surface area contributed by atoms with Crippen molar-refractivity contribution in [1.82, 2.24) is 15.1 Å². The van der Waals surface area contributed by atoms with E-state index in [1.165, 1.54) is 18.2 Å². The molecule has 22 heavy (non-hydrogen) atoms. The normalized spacial score (nSPS) is 20.2. The van der Waals surface area contributed by atoms with Gasteiger partial charge in [0.2, 0.25) is 5.91 Å². The number of nitrogens with zero attached hydrogens (tertiary/aromatic N) is 2. The summed E-state index contributed by atoms with van der Waals surface area (Å²) in [5, 5.41) is 25.9. The highest BCUT2D eigenvalue weighted by atomic mass is 16.3. The van der Waals surface area contributed by atoms with Crippen molar-refractivity contribution in [2.75, 3.05) is 0 Å². The van der Waals surface area contributed by atoms with E-state index < -0.39 is 0 Å². The number of aryl methyl sites for hydroxylation is 1. The molecule has 0 saturated heterocycles. The fourth-order valence-electron chi connectivity index (χ4n) is 2.36. The van der Waals surface area contributed by atoms with E-state index in [1.54, 1.807) is 16.8 Å². The molecule has 1 aliphatic rings. The molecule has 0 radical (unpaired) electrons. The summed E-state index contributed by atoms with van der Waals surface area (Å²) in [4.78, 5) is 11.9. The van der Waals surface area contributed by atoms with Crippen LogP contribution in [0.15, 0.2) is 36.5 Å². The van der Waals surface area contributed by atoms with Gasteiger partial charge in [0, 0.05) is 31.3 Å². The number of benzene rings is 1. The summed E-state index contributed by atoms with van der Waals surface area (Å²) in [6, 6.07) is 6.48. The highest BCUT2D eigenvalue weighted by Crippen LogP contribution is 2.39. The summed E-state index contributed by atoms with van der Waals surface area (Å²) >= 11 is 0. The van der Waals surface area contributed by atoms with Gasteiger partial charge in [0.1, 0.15) is 0 Å². The minimum atomic E-state index is -0.208. The van der Waals surface area contributed by atoms with Gasteiger partial charge in [0.05, 0.1) is 5.69 Å². The van der Waals surface area contributed by atoms with Crippen LogP contribution < -0.4 is 5.32 Å². The lowest BCUT2D eigenvalue weighted by Gasteiger charge is -2.01. The largest absolute Gasteiger partial charge is 0.504 e. The van der Waals surface area contributed by atoms with E-state index in [9.17, 15) is 15.0 Å². The molecule has 6 nitrogen and oxygen atoms in total. The number of amides is 1. The van der Waals surface area contributed by atoms with Gasteiger partial charge >= 0.3 is 0 Å². The maximum absolute atomic E-state index is 11.9. The van der Waals surface area contributed by atoms with Crippen molar-refractivity contribution in [3.8, 4) is 11.5 Å². The molecule has 1 aromatic heterocycles. The average Bonchev–Trinajstić information content (AvgIpc) is 3.10. The van der Waals surface area contributed by atoms with E-state index in [4.69, 9.17) is 0 Å². The third-order valence-electron chi connectivity index (χ3n) is 3.66. The van der Waals surface area contributed by atoms with Gasteiger partial charge in [-0.15, -0.1) is 0 Å². The number of hydrogen-bond donors (Lipinski definition) is 3. The Kier molecular flexibility index (Phi) is 3.58. The standard InChI is InChI=1S/C16H17N3O3/c1-19-7-6-12(18-19)11-9-13(11)17-16(22)5-3-10-2-4-14(20)15(21)8-10/h2-8,11,13,20-21H,9H2,1H3,(H,17,22)/b5-3+/t11-,13+/m0/s1. The Labute approximate surface area is 127 Å². The predicted octanol–water partition coefficient (Wildman–Crippen LogP) is 1.52. The molecule has 1 fully saturated rings. The summed E-state index contributed by atoms with van der Waals surface area (Å²) in [6.45, 7) is 0. The van der Waals surface area contributed by atoms with Crippen molar-refractivity contribution in [2.45, 2.75) is 18.4 Å². The van der Waals surface area contributed by atoms with Crippen molar-refractivity contribution >= 4 is 12.0 Å². The van der Waals surface area contributed by atoms with Crippen molar-refractivity contribution in [3.63, 3.8) is 0 Å². The molecule has 3 N–H and O–H groups in total. The number of aromatic hydroxyl groups is 2. The molecule has 1 aromatic carbocycles. The highest BCUT2D eigenvalue weighted by Gasteiger charge is 2.40. The summed E-state index contributed by atoms with van der Waals surface area (Å²) in [7, 11) is 1.87. The lowest BCUT2D eigenvalue weighted by Crippen LogP contribution is -2.24. The lowest BCUT2D eigenvalue weighted by atomic mass is 10.2. The lowest BCUT2D eigenvalue weighted by molar-refractivity contribution is -0.116. The van der Waals surface area contributed by atoms with Crippen LogP contribution in [0.4, 0.5) is 0 Å². The first-order valence-corrected chi connectivity index (χ1v) is 7.03. The molecule has 0 aliphatic heterocycles. The molecule has 0 bridgehead atoms. The van der Waals surface area contributed by atoms with E-state index in [2.05, 4.69) is 10.4 Å². The molecule has 1 amide bonds. The molecular weight excluding hydrogens is 282 g/mol. The van der Waals surface area contributed by atoms with Gasteiger partial charge in [-0.1, -0.05) is 6.07 Å². The topological polar surface area (TPSA) is 87.4 Å². The van der Waals surface area contributed by atoms with E-state index in [0.717, 1.165) is 12.1 Å². The number of carbonyl (C=O) groups is 1. The molecule has 0 spiro atoms. The number of phenols is 2. The van der Waals surface area contributed by atoms with Crippen molar-refractivity contribution in [3.05, 3.63) is 47.8 Å². The Balaban J connectivity index is 1.55. The molecule has 1 aliphatic carbocycles. The van der Waals surface area contributed by atoms with Crippen LogP contribution in [0.2, 0.25) is 0 Å². The van der Waals surface area contributed by atoms with Crippen molar-refractivity contribution < 1.29 is 15.0 Å². The zero-order chi connectivity index (χ0) is 15.7. The second-order valence-electron chi connectivity index (χ2n) is 5.45. The first kappa shape index (κ1) is 14.2. The predicted molar refractivity (Wildman–Crippen MR) is 81.3 cm³/mol. The van der Waals surface area contributed by atoms with Crippen LogP contribution in [0.3, 0.4) is 0 Å². The molecule has 6 heteroatoms. The van der Waals surface area contributed by atoms with Crippen LogP contribution in [-0.4, -0.2) is 31.9 Å². The van der Waals surface area contributed by atoms with Crippen LogP contribution in [0.5, 0.6) is 11.5 Å². The molecule has 2 aromatic rings. The number of nitrogens with one attached hydrogen (secondary N) is 1. The minimum Gasteiger partial charge on any atom is -0.504 e. The number of hydrogen-bond acceptors (Lipinski definition) is 4. The van der Waals surface area contributed by atoms with E-state index in [-0.39, 0.29) is 29.4 Å². The Morgan fingerprint density at radius 2 is 2.18 bits per heavy atom. The second-order valence-corrected chi connectivity index (χ2v) is 5.45. The van der Waals surface area contributed by atoms with Gasteiger partial charge < -0.3 is 15.5 Å². The van der Waals surface area contributed by atoms with Crippen molar-refractivity contribution in [1.29, 1.82) is 0 Å². The number of carbonyl (C=O) groups excluding carboxylic acids is 1. The van der Waals surface area contributed by atoms with Crippen LogP contribution in [0.25, 0.3) is 6.08 Å². The molecule has 3 rings (SSSR count). The van der Waals surface area contributed by atoms with Gasteiger partial charge in [-0.25, -0.2) is 0 Å². The van der Waals surface area contributed by atoms with E-state index in [0.29, 0.717) is 5.56 Å². The molecular formula is C16H17N3O3. The number of aromatic nitrogens is 2. The van der Waals surface area contributed by atoms with E-state index >= 15 is 0 Å². The Bertz CT molecular complexity index is 736. The fraction of sp³-hybridized carbons (Fsp3) is 0.250. The minimum absolute atomic E-state index is 0.125. The Hall–Kier alpha value is -2.76. The second kappa shape index (κ2) is 5.55. The third kappa shape index (κ3) is 3.11. The highest BCUT2D eigenvalue weighted by molar-refractivity contribution is 5.92. The number of phenolic OH excluding ortho intramolecular Hbond substituents is 2. The van der Waals surface area contributed by atoms with Gasteiger partial charge in [-0.05, 0) is 36.3 Å². The SMILES string of the molecule is Cn1ccc([C@@H]2C[C@H]2NC(=O)/C=C/c2ccc(O)c(O)c2)n1. The molecule has 0 unspecified atom stereocenters. The first-order valence-electron chi connectivity index (χ1n) is 7.03. The first-order chi connectivity index (χ1) is 10.5. The number of rotatable bonds is 4. The summed E-state index contributed by atoms with van der Waals surface area (Å²) in [5.74, 6) is -0.287.